The molecule has 0 fully saturated rings. The van der Waals surface area contributed by atoms with Crippen LogP contribution in [0.1, 0.15) is 51.9 Å². The lowest BCUT2D eigenvalue weighted by atomic mass is 10.1. The molecule has 0 amide bonds. The van der Waals surface area contributed by atoms with Crippen molar-refractivity contribution in [3.63, 3.8) is 0 Å². The van der Waals surface area contributed by atoms with Crippen LogP contribution in [0.4, 0.5) is 0 Å². The van der Waals surface area contributed by atoms with E-state index in [4.69, 9.17) is 5.73 Å². The average molecular weight is 217 g/mol. The van der Waals surface area contributed by atoms with Crippen LogP contribution in [0, 0.1) is 0 Å². The minimum atomic E-state index is -0.0401. The zero-order valence-corrected chi connectivity index (χ0v) is 11.1. The molecule has 2 nitrogen and oxygen atoms in total. The second kappa shape index (κ2) is 11.2. The molecule has 1 atom stereocenters. The third kappa shape index (κ3) is 10.2. The highest BCUT2D eigenvalue weighted by atomic mass is 28.2. The van der Waals surface area contributed by atoms with E-state index >= 15 is 0 Å². The molecule has 1 unspecified atom stereocenters. The minimum Gasteiger partial charge on any atom is -0.393 e. The topological polar surface area (TPSA) is 46.2 Å². The smallest absolute Gasteiger partial charge is 0.0540 e. The van der Waals surface area contributed by atoms with Gasteiger partial charge in [0.2, 0.25) is 0 Å². The van der Waals surface area contributed by atoms with Crippen molar-refractivity contribution >= 4 is 9.52 Å². The molecule has 0 saturated carbocycles. The van der Waals surface area contributed by atoms with Crippen LogP contribution in [0.3, 0.4) is 0 Å². The molecule has 0 spiro atoms. The van der Waals surface area contributed by atoms with Gasteiger partial charge in [-0.3, -0.25) is 0 Å². The summed E-state index contributed by atoms with van der Waals surface area (Å²) in [6.07, 6.45) is 9.10. The predicted molar refractivity (Wildman–Crippen MR) is 66.4 cm³/mol. The molecule has 3 N–H and O–H groups in total. The highest BCUT2D eigenvalue weighted by molar-refractivity contribution is 6.35. The van der Waals surface area contributed by atoms with E-state index in [1.807, 2.05) is 0 Å². The molecule has 0 rings (SSSR count). The van der Waals surface area contributed by atoms with Crippen molar-refractivity contribution in [3.8, 4) is 0 Å². The van der Waals surface area contributed by atoms with E-state index in [1.54, 1.807) is 0 Å². The molecule has 0 aliphatic carbocycles. The molecule has 0 aromatic heterocycles. The Bertz CT molecular complexity index is 111. The summed E-state index contributed by atoms with van der Waals surface area (Å²) in [6.45, 7) is 2.17. The summed E-state index contributed by atoms with van der Waals surface area (Å²) in [5.41, 5.74) is 5.47. The first-order chi connectivity index (χ1) is 6.81. The predicted octanol–water partition coefficient (Wildman–Crippen LogP) is 1.60. The standard InChI is InChI=1S/C11H27NOSi/c1-2-3-7-11(13)8-5-4-6-9-14-10-12/h11,13H,2-10,12,14H2,1H3. The summed E-state index contributed by atoms with van der Waals surface area (Å²) in [4.78, 5) is 0. The summed E-state index contributed by atoms with van der Waals surface area (Å²) >= 11 is 0. The molecule has 0 bridgehead atoms. The number of unbranched alkanes of at least 4 members (excludes halogenated alkanes) is 3. The van der Waals surface area contributed by atoms with E-state index in [2.05, 4.69) is 6.92 Å². The van der Waals surface area contributed by atoms with Crippen LogP contribution < -0.4 is 5.73 Å². The molecule has 3 heteroatoms. The van der Waals surface area contributed by atoms with Gasteiger partial charge in [-0.05, 0) is 19.0 Å². The van der Waals surface area contributed by atoms with Gasteiger partial charge in [0.05, 0.1) is 6.10 Å². The van der Waals surface area contributed by atoms with E-state index in [0.29, 0.717) is 0 Å². The Hall–Kier alpha value is 0.137. The number of aliphatic hydroxyl groups is 1. The second-order valence-electron chi connectivity index (χ2n) is 4.14. The molecule has 0 aromatic carbocycles. The van der Waals surface area contributed by atoms with Crippen molar-refractivity contribution in [3.05, 3.63) is 0 Å². The SMILES string of the molecule is CCCCC(O)CCCCC[SiH2]CN. The first-order valence-corrected chi connectivity index (χ1v) is 8.19. The molecular formula is C11H27NOSi. The monoisotopic (exact) mass is 217 g/mol. The molecule has 0 radical (unpaired) electrons. The Morgan fingerprint density at radius 2 is 1.86 bits per heavy atom. The molecule has 0 aromatic rings. The van der Waals surface area contributed by atoms with Gasteiger partial charge in [0.15, 0.2) is 0 Å². The maximum atomic E-state index is 9.57. The fourth-order valence-corrected chi connectivity index (χ4v) is 2.63. The van der Waals surface area contributed by atoms with Gasteiger partial charge in [-0.2, -0.15) is 0 Å². The van der Waals surface area contributed by atoms with Crippen molar-refractivity contribution < 1.29 is 5.11 Å². The van der Waals surface area contributed by atoms with Gasteiger partial charge >= 0.3 is 0 Å². The molecular weight excluding hydrogens is 190 g/mol. The first-order valence-electron chi connectivity index (χ1n) is 6.19. The average Bonchev–Trinajstić information content (AvgIpc) is 2.20. The molecule has 14 heavy (non-hydrogen) atoms. The van der Waals surface area contributed by atoms with Crippen molar-refractivity contribution in [2.45, 2.75) is 64.0 Å². The van der Waals surface area contributed by atoms with Gasteiger partial charge in [0.1, 0.15) is 0 Å². The van der Waals surface area contributed by atoms with Crippen LogP contribution >= 0.6 is 0 Å². The summed E-state index contributed by atoms with van der Waals surface area (Å²) in [5.74, 6) is 0. The van der Waals surface area contributed by atoms with E-state index in [1.165, 1.54) is 38.1 Å². The maximum Gasteiger partial charge on any atom is 0.0540 e. The Morgan fingerprint density at radius 3 is 2.50 bits per heavy atom. The van der Waals surface area contributed by atoms with E-state index in [0.717, 1.165) is 19.0 Å². The van der Waals surface area contributed by atoms with Crippen LogP contribution in [-0.2, 0) is 0 Å². The van der Waals surface area contributed by atoms with Gasteiger partial charge in [-0.1, -0.05) is 45.1 Å². The normalized spacial score (nSPS) is 13.9. The van der Waals surface area contributed by atoms with Crippen molar-refractivity contribution in [1.29, 1.82) is 0 Å². The molecule has 86 valence electrons. The van der Waals surface area contributed by atoms with Crippen LogP contribution in [0.25, 0.3) is 0 Å². The largest absolute Gasteiger partial charge is 0.393 e. The van der Waals surface area contributed by atoms with E-state index < -0.39 is 0 Å². The minimum absolute atomic E-state index is 0.0401. The van der Waals surface area contributed by atoms with Gasteiger partial charge in [-0.15, -0.1) is 0 Å². The lowest BCUT2D eigenvalue weighted by Gasteiger charge is -2.08. The van der Waals surface area contributed by atoms with Crippen molar-refractivity contribution in [2.24, 2.45) is 5.73 Å². The number of rotatable bonds is 10. The van der Waals surface area contributed by atoms with Crippen LogP contribution in [0.15, 0.2) is 0 Å². The number of hydrogen-bond acceptors (Lipinski definition) is 2. The van der Waals surface area contributed by atoms with Gasteiger partial charge in [-0.25, -0.2) is 0 Å². The number of aliphatic hydroxyl groups excluding tert-OH is 1. The quantitative estimate of drug-likeness (QED) is 0.431. The van der Waals surface area contributed by atoms with E-state index in [-0.39, 0.29) is 15.6 Å². The summed E-state index contributed by atoms with van der Waals surface area (Å²) in [5, 5.41) is 9.57. The van der Waals surface area contributed by atoms with E-state index in [9.17, 15) is 5.11 Å². The zero-order chi connectivity index (χ0) is 10.6. The summed E-state index contributed by atoms with van der Waals surface area (Å²) in [6, 6.07) is 1.39. The lowest BCUT2D eigenvalue weighted by molar-refractivity contribution is 0.148. The fourth-order valence-electron chi connectivity index (χ4n) is 1.64. The number of hydrogen-bond donors (Lipinski definition) is 2. The lowest BCUT2D eigenvalue weighted by Crippen LogP contribution is -2.08. The Labute approximate surface area is 91.1 Å². The number of nitrogens with two attached hydrogens (primary N) is 1. The Morgan fingerprint density at radius 1 is 1.14 bits per heavy atom. The Kier molecular flexibility index (Phi) is 11.3. The Balaban J connectivity index is 3.02. The summed E-state index contributed by atoms with van der Waals surface area (Å²) in [7, 11) is 0.0763. The first kappa shape index (κ1) is 14.1. The second-order valence-corrected chi connectivity index (χ2v) is 6.13. The van der Waals surface area contributed by atoms with Crippen molar-refractivity contribution in [2.75, 3.05) is 6.17 Å². The molecule has 0 heterocycles. The van der Waals surface area contributed by atoms with Gasteiger partial charge in [0.25, 0.3) is 0 Å². The van der Waals surface area contributed by atoms with Crippen molar-refractivity contribution in [1.82, 2.24) is 0 Å². The zero-order valence-electron chi connectivity index (χ0n) is 9.67. The fraction of sp³-hybridized carbons (Fsp3) is 1.00. The highest BCUT2D eigenvalue weighted by Gasteiger charge is 2.02. The molecule has 0 saturated heterocycles. The third-order valence-electron chi connectivity index (χ3n) is 2.63. The molecule has 0 aliphatic heterocycles. The maximum absolute atomic E-state index is 9.57. The highest BCUT2D eigenvalue weighted by Crippen LogP contribution is 2.10. The van der Waals surface area contributed by atoms with Crippen LogP contribution in [-0.4, -0.2) is 26.9 Å². The summed E-state index contributed by atoms with van der Waals surface area (Å²) < 4.78 is 0. The molecule has 0 aliphatic rings. The van der Waals surface area contributed by atoms with Crippen LogP contribution in [0.5, 0.6) is 0 Å². The van der Waals surface area contributed by atoms with Gasteiger partial charge < -0.3 is 10.8 Å². The van der Waals surface area contributed by atoms with Crippen LogP contribution in [0.2, 0.25) is 6.04 Å². The third-order valence-corrected chi connectivity index (χ3v) is 4.04. The van der Waals surface area contributed by atoms with Gasteiger partial charge in [0, 0.05) is 9.52 Å².